The van der Waals surface area contributed by atoms with Crippen molar-refractivity contribution in [1.82, 2.24) is 5.32 Å². The number of benzene rings is 1. The van der Waals surface area contributed by atoms with Crippen LogP contribution in [0.4, 0.5) is 0 Å². The fourth-order valence-corrected chi connectivity index (χ4v) is 3.33. The van der Waals surface area contributed by atoms with Gasteiger partial charge in [0.05, 0.1) is 6.61 Å². The molecule has 1 fully saturated rings. The van der Waals surface area contributed by atoms with Gasteiger partial charge in [-0.2, -0.15) is 0 Å². The molecule has 0 aliphatic heterocycles. The predicted molar refractivity (Wildman–Crippen MR) is 80.7 cm³/mol. The summed E-state index contributed by atoms with van der Waals surface area (Å²) in [4.78, 5) is 0. The van der Waals surface area contributed by atoms with Crippen LogP contribution in [-0.2, 0) is 10.2 Å². The van der Waals surface area contributed by atoms with Crippen molar-refractivity contribution in [2.45, 2.75) is 39.0 Å². The molecule has 1 saturated carbocycles. The number of rotatable bonds is 6. The van der Waals surface area contributed by atoms with E-state index in [1.54, 1.807) is 7.11 Å². The first kappa shape index (κ1) is 14.5. The van der Waals surface area contributed by atoms with E-state index in [-0.39, 0.29) is 0 Å². The SMILES string of the molecule is COCCNCC1(c2ccc(C)c(C)c2)CC(C)C1. The van der Waals surface area contributed by atoms with Crippen LogP contribution in [-0.4, -0.2) is 26.8 Å². The molecule has 2 heteroatoms. The van der Waals surface area contributed by atoms with Gasteiger partial charge < -0.3 is 10.1 Å². The number of ether oxygens (including phenoxy) is 1. The number of hydrogen-bond acceptors (Lipinski definition) is 2. The molecule has 0 heterocycles. The van der Waals surface area contributed by atoms with Crippen LogP contribution in [0.25, 0.3) is 0 Å². The summed E-state index contributed by atoms with van der Waals surface area (Å²) in [5.41, 5.74) is 4.66. The minimum absolute atomic E-state index is 0.353. The number of hydrogen-bond donors (Lipinski definition) is 1. The van der Waals surface area contributed by atoms with Crippen molar-refractivity contribution in [3.05, 3.63) is 34.9 Å². The Morgan fingerprint density at radius 1 is 1.26 bits per heavy atom. The molecule has 0 aromatic heterocycles. The van der Waals surface area contributed by atoms with Crippen molar-refractivity contribution in [1.29, 1.82) is 0 Å². The van der Waals surface area contributed by atoms with Gasteiger partial charge in [-0.05, 0) is 49.3 Å². The highest BCUT2D eigenvalue weighted by molar-refractivity contribution is 5.36. The second-order valence-corrected chi connectivity index (χ2v) is 6.26. The van der Waals surface area contributed by atoms with E-state index in [9.17, 15) is 0 Å². The average Bonchev–Trinajstić information content (AvgIpc) is 2.35. The maximum Gasteiger partial charge on any atom is 0.0587 e. The molecule has 2 rings (SSSR count). The fraction of sp³-hybridized carbons (Fsp3) is 0.647. The van der Waals surface area contributed by atoms with Gasteiger partial charge in [-0.1, -0.05) is 25.1 Å². The molecule has 0 spiro atoms. The third kappa shape index (κ3) is 3.18. The van der Waals surface area contributed by atoms with Crippen molar-refractivity contribution >= 4 is 0 Å². The summed E-state index contributed by atoms with van der Waals surface area (Å²) in [7, 11) is 1.76. The normalized spacial score (nSPS) is 26.2. The zero-order valence-electron chi connectivity index (χ0n) is 12.8. The summed E-state index contributed by atoms with van der Waals surface area (Å²) < 4.78 is 5.11. The fourth-order valence-electron chi connectivity index (χ4n) is 3.33. The molecule has 0 bridgehead atoms. The summed E-state index contributed by atoms with van der Waals surface area (Å²) >= 11 is 0. The minimum Gasteiger partial charge on any atom is -0.383 e. The summed E-state index contributed by atoms with van der Waals surface area (Å²) in [5.74, 6) is 0.853. The second kappa shape index (κ2) is 6.06. The quantitative estimate of drug-likeness (QED) is 0.794. The van der Waals surface area contributed by atoms with Gasteiger partial charge in [0.1, 0.15) is 0 Å². The molecule has 19 heavy (non-hydrogen) atoms. The third-order valence-corrected chi connectivity index (χ3v) is 4.54. The van der Waals surface area contributed by atoms with Crippen molar-refractivity contribution in [2.75, 3.05) is 26.8 Å². The molecule has 0 radical (unpaired) electrons. The summed E-state index contributed by atoms with van der Waals surface area (Å²) in [5, 5.41) is 3.56. The first-order valence-electron chi connectivity index (χ1n) is 7.35. The molecule has 1 aromatic rings. The van der Waals surface area contributed by atoms with Crippen molar-refractivity contribution in [3.8, 4) is 0 Å². The molecule has 2 nitrogen and oxygen atoms in total. The topological polar surface area (TPSA) is 21.3 Å². The van der Waals surface area contributed by atoms with Gasteiger partial charge in [0, 0.05) is 25.6 Å². The van der Waals surface area contributed by atoms with Crippen molar-refractivity contribution < 1.29 is 4.74 Å². The van der Waals surface area contributed by atoms with Crippen LogP contribution >= 0.6 is 0 Å². The number of nitrogens with one attached hydrogen (secondary N) is 1. The van der Waals surface area contributed by atoms with E-state index in [0.717, 1.165) is 25.6 Å². The molecule has 0 unspecified atom stereocenters. The van der Waals surface area contributed by atoms with E-state index >= 15 is 0 Å². The molecule has 1 aliphatic rings. The van der Waals surface area contributed by atoms with E-state index in [4.69, 9.17) is 4.74 Å². The van der Waals surface area contributed by atoms with Crippen LogP contribution in [0.2, 0.25) is 0 Å². The van der Waals surface area contributed by atoms with E-state index in [0.29, 0.717) is 5.41 Å². The first-order chi connectivity index (χ1) is 9.07. The van der Waals surface area contributed by atoms with Crippen LogP contribution in [0.3, 0.4) is 0 Å². The van der Waals surface area contributed by atoms with Gasteiger partial charge in [-0.3, -0.25) is 0 Å². The Balaban J connectivity index is 2.08. The molecule has 106 valence electrons. The van der Waals surface area contributed by atoms with Crippen LogP contribution in [0.5, 0.6) is 0 Å². The standard InChI is InChI=1S/C17H27NO/c1-13-10-17(11-13,12-18-7-8-19-4)16-6-5-14(2)15(3)9-16/h5-6,9,13,18H,7-8,10-12H2,1-4H3. The lowest BCUT2D eigenvalue weighted by Gasteiger charge is -2.47. The maximum atomic E-state index is 5.11. The van der Waals surface area contributed by atoms with Crippen molar-refractivity contribution in [3.63, 3.8) is 0 Å². The van der Waals surface area contributed by atoms with Gasteiger partial charge >= 0.3 is 0 Å². The second-order valence-electron chi connectivity index (χ2n) is 6.26. The number of methoxy groups -OCH3 is 1. The molecule has 0 atom stereocenters. The molecule has 0 saturated heterocycles. The summed E-state index contributed by atoms with van der Waals surface area (Å²) in [6, 6.07) is 6.98. The Labute approximate surface area is 117 Å². The van der Waals surface area contributed by atoms with Gasteiger partial charge in [-0.15, -0.1) is 0 Å². The lowest BCUT2D eigenvalue weighted by Crippen LogP contribution is -2.48. The highest BCUT2D eigenvalue weighted by Crippen LogP contribution is 2.47. The minimum atomic E-state index is 0.353. The Kier molecular flexibility index (Phi) is 4.64. The van der Waals surface area contributed by atoms with Crippen LogP contribution < -0.4 is 5.32 Å². The summed E-state index contributed by atoms with van der Waals surface area (Å²) in [6.07, 6.45) is 2.60. The Morgan fingerprint density at radius 3 is 2.58 bits per heavy atom. The zero-order valence-corrected chi connectivity index (χ0v) is 12.8. The maximum absolute atomic E-state index is 5.11. The zero-order chi connectivity index (χ0) is 13.9. The van der Waals surface area contributed by atoms with Crippen LogP contribution in [0.1, 0.15) is 36.5 Å². The smallest absolute Gasteiger partial charge is 0.0587 e. The Bertz CT molecular complexity index is 421. The van der Waals surface area contributed by atoms with Crippen LogP contribution in [0.15, 0.2) is 18.2 Å². The highest BCUT2D eigenvalue weighted by Gasteiger charge is 2.42. The van der Waals surface area contributed by atoms with Gasteiger partial charge in [0.25, 0.3) is 0 Å². The van der Waals surface area contributed by atoms with Gasteiger partial charge in [0.2, 0.25) is 0 Å². The molecule has 1 N–H and O–H groups in total. The lowest BCUT2D eigenvalue weighted by molar-refractivity contribution is 0.144. The molecular formula is C17H27NO. The van der Waals surface area contributed by atoms with Gasteiger partial charge in [-0.25, -0.2) is 0 Å². The predicted octanol–water partition coefficient (Wildman–Crippen LogP) is 3.21. The Hall–Kier alpha value is -0.860. The van der Waals surface area contributed by atoms with Crippen LogP contribution in [0, 0.1) is 19.8 Å². The van der Waals surface area contributed by atoms with Crippen molar-refractivity contribution in [2.24, 2.45) is 5.92 Å². The molecule has 0 amide bonds. The van der Waals surface area contributed by atoms with E-state index < -0.39 is 0 Å². The van der Waals surface area contributed by atoms with Gasteiger partial charge in [0.15, 0.2) is 0 Å². The highest BCUT2D eigenvalue weighted by atomic mass is 16.5. The van der Waals surface area contributed by atoms with E-state index in [1.807, 2.05) is 0 Å². The van der Waals surface area contributed by atoms with E-state index in [2.05, 4.69) is 44.3 Å². The molecule has 1 aromatic carbocycles. The number of aryl methyl sites for hydroxylation is 2. The molecular weight excluding hydrogens is 234 g/mol. The third-order valence-electron chi connectivity index (χ3n) is 4.54. The monoisotopic (exact) mass is 261 g/mol. The first-order valence-corrected chi connectivity index (χ1v) is 7.35. The van der Waals surface area contributed by atoms with E-state index in [1.165, 1.54) is 29.5 Å². The molecule has 1 aliphatic carbocycles. The average molecular weight is 261 g/mol. The Morgan fingerprint density at radius 2 is 2.00 bits per heavy atom. The summed E-state index contributed by atoms with van der Waals surface area (Å²) in [6.45, 7) is 9.56. The largest absolute Gasteiger partial charge is 0.383 e. The lowest BCUT2D eigenvalue weighted by atomic mass is 9.59.